The van der Waals surface area contributed by atoms with Crippen LogP contribution in [0.2, 0.25) is 0 Å². The summed E-state index contributed by atoms with van der Waals surface area (Å²) in [7, 11) is 0. The molecule has 0 aliphatic rings. The topological polar surface area (TPSA) is 34.0 Å². The summed E-state index contributed by atoms with van der Waals surface area (Å²) >= 11 is 0. The first-order valence-corrected chi connectivity index (χ1v) is 22.3. The third-order valence-corrected chi connectivity index (χ3v) is 12.2. The fourth-order valence-electron chi connectivity index (χ4n) is 8.91. The lowest BCUT2D eigenvalue weighted by Crippen LogP contribution is -2.09. The lowest BCUT2D eigenvalue weighted by atomic mass is 9.89. The third kappa shape index (κ3) is 8.00. The minimum Gasteiger partial charge on any atom is -0.311 e. The molecule has 11 aromatic rings. The first-order valence-electron chi connectivity index (χ1n) is 22.3. The first kappa shape index (κ1) is 40.0. The van der Waals surface area contributed by atoms with E-state index in [-0.39, 0.29) is 0 Å². The zero-order valence-corrected chi connectivity index (χ0v) is 36.2. The van der Waals surface area contributed by atoms with E-state index in [0.717, 1.165) is 62.2 Å². The van der Waals surface area contributed by atoms with Crippen LogP contribution < -0.4 is 4.90 Å². The minimum atomic E-state index is 0.792. The van der Waals surface area contributed by atoms with Crippen molar-refractivity contribution < 1.29 is 0 Å². The minimum absolute atomic E-state index is 0.792. The molecule has 0 atom stereocenters. The van der Waals surface area contributed by atoms with Crippen molar-refractivity contribution in [2.45, 2.75) is 0 Å². The summed E-state index contributed by atoms with van der Waals surface area (Å²) in [5.74, 6) is 1.60. The van der Waals surface area contributed by atoms with E-state index in [1.807, 2.05) is 36.4 Å². The molecular weight excluding hydrogens is 801 g/mol. The summed E-state index contributed by atoms with van der Waals surface area (Å²) < 4.78 is 2.14. The molecule has 4 heteroatoms. The van der Waals surface area contributed by atoms with Crippen LogP contribution in [0.3, 0.4) is 0 Å². The van der Waals surface area contributed by atoms with Crippen molar-refractivity contribution in [2.24, 2.45) is 0 Å². The van der Waals surface area contributed by atoms with Crippen LogP contribution >= 0.6 is 0 Å². The molecule has 0 unspecified atom stereocenters. The molecule has 0 aliphatic carbocycles. The molecule has 4 nitrogen and oxygen atoms in total. The Hall–Kier alpha value is -8.86. The van der Waals surface area contributed by atoms with E-state index < -0.39 is 0 Å². The second kappa shape index (κ2) is 18.1. The number of hydrogen-bond donors (Lipinski definition) is 0. The maximum Gasteiger partial charge on any atom is 0.168 e. The Bertz CT molecular complexity index is 3260. The van der Waals surface area contributed by atoms with Crippen molar-refractivity contribution in [3.63, 3.8) is 0 Å². The quantitative estimate of drug-likeness (QED) is 0.130. The molecule has 0 saturated heterocycles. The normalized spacial score (nSPS) is 11.0. The molecular formula is C62H44N4. The fourth-order valence-corrected chi connectivity index (χ4v) is 8.91. The Morgan fingerprint density at radius 1 is 0.227 bits per heavy atom. The van der Waals surface area contributed by atoms with Crippen LogP contribution in [0.5, 0.6) is 0 Å². The van der Waals surface area contributed by atoms with Gasteiger partial charge in [0.25, 0.3) is 0 Å². The number of nitrogens with zero attached hydrogens (tertiary/aromatic N) is 4. The molecule has 0 fully saturated rings. The van der Waals surface area contributed by atoms with Gasteiger partial charge in [-0.25, -0.2) is 0 Å². The zero-order valence-electron chi connectivity index (χ0n) is 36.2. The predicted octanol–water partition coefficient (Wildman–Crippen LogP) is 16.4. The van der Waals surface area contributed by atoms with Crippen LogP contribution in [0.25, 0.3) is 84.1 Å². The van der Waals surface area contributed by atoms with E-state index in [9.17, 15) is 0 Å². The Kier molecular flexibility index (Phi) is 10.9. The van der Waals surface area contributed by atoms with Gasteiger partial charge in [-0.3, -0.25) is 4.57 Å². The van der Waals surface area contributed by atoms with Crippen LogP contribution in [0.15, 0.2) is 267 Å². The van der Waals surface area contributed by atoms with Gasteiger partial charge in [-0.2, -0.15) is 0 Å². The van der Waals surface area contributed by atoms with Gasteiger partial charge >= 0.3 is 0 Å². The van der Waals surface area contributed by atoms with Gasteiger partial charge in [-0.1, -0.05) is 218 Å². The van der Waals surface area contributed by atoms with Crippen molar-refractivity contribution >= 4 is 17.1 Å². The second-order valence-corrected chi connectivity index (χ2v) is 16.3. The average Bonchev–Trinajstić information content (AvgIpc) is 3.86. The Balaban J connectivity index is 0.926. The molecule has 10 aromatic carbocycles. The van der Waals surface area contributed by atoms with Gasteiger partial charge in [0.1, 0.15) is 0 Å². The molecule has 0 spiro atoms. The molecule has 0 bridgehead atoms. The maximum absolute atomic E-state index is 4.74. The van der Waals surface area contributed by atoms with Gasteiger partial charge in [0, 0.05) is 33.9 Å². The lowest BCUT2D eigenvalue weighted by Gasteiger charge is -2.26. The average molecular weight is 845 g/mol. The number of hydrogen-bond acceptors (Lipinski definition) is 3. The molecule has 1 aromatic heterocycles. The van der Waals surface area contributed by atoms with E-state index in [4.69, 9.17) is 10.2 Å². The fraction of sp³-hybridized carbons (Fsp3) is 0. The summed E-state index contributed by atoms with van der Waals surface area (Å²) in [6.07, 6.45) is 0. The number of rotatable bonds is 11. The summed E-state index contributed by atoms with van der Waals surface area (Å²) in [5.41, 5.74) is 18.0. The molecule has 0 radical (unpaired) electrons. The number of anilines is 3. The highest BCUT2D eigenvalue weighted by atomic mass is 15.3. The SMILES string of the molecule is c1ccc(-c2ccc(N(c3ccc(-c4ccccc4)cc3)c3ccc(-c4ccccc4-c4ccccc4-c4ccc(-c5nnc(-c6ccccc6)n5-c5ccccc5)cc4)cc3)cc2)cc1. The van der Waals surface area contributed by atoms with Crippen LogP contribution in [0.4, 0.5) is 17.1 Å². The van der Waals surface area contributed by atoms with Crippen LogP contribution in [0.1, 0.15) is 0 Å². The highest BCUT2D eigenvalue weighted by Gasteiger charge is 2.19. The Labute approximate surface area is 386 Å². The maximum atomic E-state index is 4.74. The first-order chi connectivity index (χ1) is 32.7. The molecule has 1 heterocycles. The van der Waals surface area contributed by atoms with E-state index >= 15 is 0 Å². The van der Waals surface area contributed by atoms with Gasteiger partial charge in [0.2, 0.25) is 0 Å². The summed E-state index contributed by atoms with van der Waals surface area (Å²) in [5, 5.41) is 9.44. The molecule has 66 heavy (non-hydrogen) atoms. The van der Waals surface area contributed by atoms with E-state index in [0.29, 0.717) is 0 Å². The summed E-state index contributed by atoms with van der Waals surface area (Å²) in [4.78, 5) is 2.34. The Morgan fingerprint density at radius 2 is 0.500 bits per heavy atom. The van der Waals surface area contributed by atoms with Gasteiger partial charge in [-0.05, 0) is 104 Å². The smallest absolute Gasteiger partial charge is 0.168 e. The summed E-state index contributed by atoms with van der Waals surface area (Å²) in [6, 6.07) is 94.5. The van der Waals surface area contributed by atoms with Crippen molar-refractivity contribution in [1.82, 2.24) is 14.8 Å². The lowest BCUT2D eigenvalue weighted by molar-refractivity contribution is 1.07. The number of aromatic nitrogens is 3. The molecule has 0 amide bonds. The third-order valence-electron chi connectivity index (χ3n) is 12.2. The molecule has 11 rings (SSSR count). The summed E-state index contributed by atoms with van der Waals surface area (Å²) in [6.45, 7) is 0. The highest BCUT2D eigenvalue weighted by Crippen LogP contribution is 2.42. The van der Waals surface area contributed by atoms with Gasteiger partial charge in [0.05, 0.1) is 0 Å². The van der Waals surface area contributed by atoms with Crippen molar-refractivity contribution in [3.05, 3.63) is 267 Å². The molecule has 0 N–H and O–H groups in total. The Morgan fingerprint density at radius 3 is 0.909 bits per heavy atom. The van der Waals surface area contributed by atoms with E-state index in [2.05, 4.69) is 240 Å². The number of para-hydroxylation sites is 1. The van der Waals surface area contributed by atoms with Crippen LogP contribution in [-0.4, -0.2) is 14.8 Å². The highest BCUT2D eigenvalue weighted by molar-refractivity contribution is 5.92. The molecule has 0 aliphatic heterocycles. The second-order valence-electron chi connectivity index (χ2n) is 16.3. The number of benzene rings is 10. The van der Waals surface area contributed by atoms with Gasteiger partial charge in [-0.15, -0.1) is 10.2 Å². The largest absolute Gasteiger partial charge is 0.311 e. The standard InChI is InChI=1S/C62H44N4/c1-5-17-45(18-6-1)47-33-39-54(40-34-47)65(55-41-35-48(36-42-55)46-19-7-2-8-20-46)56-43-37-50(38-44-56)58-26-14-16-28-60(58)59-27-15-13-25-57(59)49-29-31-52(32-30-49)62-64-63-61(51-21-9-3-10-22-51)66(62)53-23-11-4-12-24-53/h1-44H. The molecule has 0 saturated carbocycles. The monoisotopic (exact) mass is 844 g/mol. The van der Waals surface area contributed by atoms with E-state index in [1.165, 1.54) is 38.9 Å². The van der Waals surface area contributed by atoms with E-state index in [1.54, 1.807) is 0 Å². The van der Waals surface area contributed by atoms with Gasteiger partial charge < -0.3 is 4.90 Å². The van der Waals surface area contributed by atoms with Crippen molar-refractivity contribution in [1.29, 1.82) is 0 Å². The zero-order chi connectivity index (χ0) is 44.1. The molecule has 312 valence electrons. The van der Waals surface area contributed by atoms with Crippen LogP contribution in [0, 0.1) is 0 Å². The van der Waals surface area contributed by atoms with Crippen molar-refractivity contribution in [3.8, 4) is 84.1 Å². The van der Waals surface area contributed by atoms with Crippen molar-refractivity contribution in [2.75, 3.05) is 4.90 Å². The van der Waals surface area contributed by atoms with Gasteiger partial charge in [0.15, 0.2) is 11.6 Å². The van der Waals surface area contributed by atoms with Crippen LogP contribution in [-0.2, 0) is 0 Å². The predicted molar refractivity (Wildman–Crippen MR) is 274 cm³/mol.